The number of nitrogens with zero attached hydrogens (tertiary/aromatic N) is 3. The van der Waals surface area contributed by atoms with Crippen molar-refractivity contribution in [2.45, 2.75) is 53.3 Å². The Morgan fingerprint density at radius 2 is 1.94 bits per heavy atom. The van der Waals surface area contributed by atoms with Crippen molar-refractivity contribution >= 4 is 28.5 Å². The number of anilines is 1. The van der Waals surface area contributed by atoms with Crippen molar-refractivity contribution in [3.8, 4) is 0 Å². The summed E-state index contributed by atoms with van der Waals surface area (Å²) >= 11 is 0. The molecule has 0 aliphatic heterocycles. The summed E-state index contributed by atoms with van der Waals surface area (Å²) in [4.78, 5) is 43.8. The molecule has 0 saturated heterocycles. The average molecular weight is 464 g/mol. The highest BCUT2D eigenvalue weighted by Crippen LogP contribution is 2.39. The number of rotatable bonds is 5. The van der Waals surface area contributed by atoms with Crippen molar-refractivity contribution in [3.63, 3.8) is 0 Å². The molecular weight excluding hydrogens is 434 g/mol. The molecule has 1 aromatic heterocycles. The fourth-order valence-corrected chi connectivity index (χ4v) is 4.44. The van der Waals surface area contributed by atoms with Crippen LogP contribution < -0.4 is 10.5 Å². The Morgan fingerprint density at radius 1 is 1.24 bits per heavy atom. The second-order valence-corrected chi connectivity index (χ2v) is 9.76. The Morgan fingerprint density at radius 3 is 2.62 bits per heavy atom. The van der Waals surface area contributed by atoms with Crippen molar-refractivity contribution in [3.05, 3.63) is 69.3 Å². The van der Waals surface area contributed by atoms with Crippen LogP contribution in [0.1, 0.15) is 60.5 Å². The average Bonchev–Trinajstić information content (AvgIpc) is 3.19. The van der Waals surface area contributed by atoms with E-state index in [2.05, 4.69) is 4.98 Å². The molecule has 1 N–H and O–H groups in total. The monoisotopic (exact) mass is 463 g/mol. The number of hydrogen-bond acceptors (Lipinski definition) is 6. The number of carboxylic acid groups (broad SMARTS) is 1. The van der Waals surface area contributed by atoms with Gasteiger partial charge in [-0.2, -0.15) is 0 Å². The van der Waals surface area contributed by atoms with Gasteiger partial charge in [0.15, 0.2) is 6.73 Å². The number of aromatic carboxylic acids is 1. The summed E-state index contributed by atoms with van der Waals surface area (Å²) in [6.45, 7) is 6.79. The van der Waals surface area contributed by atoms with E-state index in [0.717, 1.165) is 24.0 Å². The predicted octanol–water partition coefficient (Wildman–Crippen LogP) is 4.07. The summed E-state index contributed by atoms with van der Waals surface area (Å²) in [7, 11) is 1.88. The van der Waals surface area contributed by atoms with Gasteiger partial charge in [0.05, 0.1) is 33.6 Å². The molecule has 0 radical (unpaired) electrons. The normalized spacial score (nSPS) is 15.3. The smallest absolute Gasteiger partial charge is 0.337 e. The SMILES string of the molecule is Cc1nc2cc3c(cc2c(=O)n1COC(=O)C(C)(C)C)C(N(C)c1ccccc1C(=O)O)CC3. The van der Waals surface area contributed by atoms with Gasteiger partial charge in [-0.05, 0) is 75.9 Å². The van der Waals surface area contributed by atoms with Crippen LogP contribution in [-0.4, -0.2) is 33.6 Å². The highest BCUT2D eigenvalue weighted by molar-refractivity contribution is 5.94. The molecule has 0 spiro atoms. The first-order chi connectivity index (χ1) is 16.0. The molecule has 178 valence electrons. The quantitative estimate of drug-likeness (QED) is 0.569. The minimum absolute atomic E-state index is 0.0761. The summed E-state index contributed by atoms with van der Waals surface area (Å²) in [6, 6.07) is 10.6. The number of aromatic nitrogens is 2. The number of aryl methyl sites for hydroxylation is 2. The molecule has 1 unspecified atom stereocenters. The Bertz CT molecular complexity index is 1350. The minimum Gasteiger partial charge on any atom is -0.478 e. The maximum atomic E-state index is 13.3. The lowest BCUT2D eigenvalue weighted by atomic mass is 9.98. The highest BCUT2D eigenvalue weighted by atomic mass is 16.5. The van der Waals surface area contributed by atoms with Crippen molar-refractivity contribution in [2.75, 3.05) is 11.9 Å². The number of carbonyl (C=O) groups excluding carboxylic acids is 1. The van der Waals surface area contributed by atoms with Gasteiger partial charge in [-0.3, -0.25) is 14.2 Å². The van der Waals surface area contributed by atoms with Gasteiger partial charge < -0.3 is 14.7 Å². The topological polar surface area (TPSA) is 102 Å². The lowest BCUT2D eigenvalue weighted by Gasteiger charge is -2.29. The van der Waals surface area contributed by atoms with Gasteiger partial charge in [0.2, 0.25) is 0 Å². The molecule has 0 amide bonds. The molecule has 1 heterocycles. The molecule has 8 nitrogen and oxygen atoms in total. The zero-order chi connectivity index (χ0) is 24.8. The first kappa shape index (κ1) is 23.5. The molecule has 1 aliphatic carbocycles. The van der Waals surface area contributed by atoms with E-state index in [1.165, 1.54) is 4.57 Å². The number of ether oxygens (including phenoxy) is 1. The zero-order valence-corrected chi connectivity index (χ0v) is 20.1. The molecule has 0 fully saturated rings. The minimum atomic E-state index is -0.980. The van der Waals surface area contributed by atoms with E-state index in [0.29, 0.717) is 22.4 Å². The zero-order valence-electron chi connectivity index (χ0n) is 20.1. The number of para-hydroxylation sites is 1. The molecule has 0 saturated carbocycles. The van der Waals surface area contributed by atoms with E-state index in [9.17, 15) is 19.5 Å². The van der Waals surface area contributed by atoms with Crippen molar-refractivity contribution in [2.24, 2.45) is 5.41 Å². The molecule has 0 bridgehead atoms. The van der Waals surface area contributed by atoms with Gasteiger partial charge in [0, 0.05) is 7.05 Å². The van der Waals surface area contributed by atoms with Crippen LogP contribution >= 0.6 is 0 Å². The first-order valence-electron chi connectivity index (χ1n) is 11.3. The number of benzene rings is 2. The van der Waals surface area contributed by atoms with Crippen molar-refractivity contribution in [1.29, 1.82) is 0 Å². The van der Waals surface area contributed by atoms with Crippen LogP contribution in [0.3, 0.4) is 0 Å². The van der Waals surface area contributed by atoms with E-state index in [-0.39, 0.29) is 23.9 Å². The number of esters is 1. The summed E-state index contributed by atoms with van der Waals surface area (Å²) in [5.74, 6) is -0.903. The molecule has 1 aliphatic rings. The second kappa shape index (κ2) is 8.59. The van der Waals surface area contributed by atoms with E-state index in [4.69, 9.17) is 4.74 Å². The van der Waals surface area contributed by atoms with E-state index < -0.39 is 17.4 Å². The van der Waals surface area contributed by atoms with Crippen LogP contribution in [0.4, 0.5) is 5.69 Å². The van der Waals surface area contributed by atoms with Crippen molar-refractivity contribution in [1.82, 2.24) is 9.55 Å². The van der Waals surface area contributed by atoms with E-state index >= 15 is 0 Å². The number of fused-ring (bicyclic) bond motifs is 2. The Hall–Kier alpha value is -3.68. The highest BCUT2D eigenvalue weighted by Gasteiger charge is 2.29. The van der Waals surface area contributed by atoms with Crippen LogP contribution in [-0.2, 0) is 22.7 Å². The van der Waals surface area contributed by atoms with Crippen LogP contribution in [0.15, 0.2) is 41.2 Å². The standard InChI is InChI=1S/C26H29N3O5/c1-15-27-20-12-16-10-11-22(28(5)21-9-7-6-8-17(21)24(31)32)18(16)13-19(20)23(30)29(15)14-34-25(33)26(2,3)4/h6-9,12-13,22H,10-11,14H2,1-5H3,(H,31,32). The Kier molecular flexibility index (Phi) is 5.93. The number of hydrogen-bond donors (Lipinski definition) is 1. The van der Waals surface area contributed by atoms with Crippen LogP contribution in [0.2, 0.25) is 0 Å². The Labute approximate surface area is 197 Å². The van der Waals surface area contributed by atoms with Gasteiger partial charge in [0.1, 0.15) is 5.82 Å². The number of carboxylic acids is 1. The van der Waals surface area contributed by atoms with Gasteiger partial charge in [-0.1, -0.05) is 12.1 Å². The van der Waals surface area contributed by atoms with Crippen LogP contribution in [0, 0.1) is 12.3 Å². The Balaban J connectivity index is 1.74. The van der Waals surface area contributed by atoms with Gasteiger partial charge in [0.25, 0.3) is 5.56 Å². The maximum Gasteiger partial charge on any atom is 0.337 e. The van der Waals surface area contributed by atoms with Crippen LogP contribution in [0.5, 0.6) is 0 Å². The van der Waals surface area contributed by atoms with E-state index in [1.807, 2.05) is 30.1 Å². The third-order valence-electron chi connectivity index (χ3n) is 6.37. The van der Waals surface area contributed by atoms with Gasteiger partial charge >= 0.3 is 11.9 Å². The van der Waals surface area contributed by atoms with Gasteiger partial charge in [-0.25, -0.2) is 9.78 Å². The molecular formula is C26H29N3O5. The fourth-order valence-electron chi connectivity index (χ4n) is 4.44. The van der Waals surface area contributed by atoms with Gasteiger partial charge in [-0.15, -0.1) is 0 Å². The summed E-state index contributed by atoms with van der Waals surface area (Å²) in [5.41, 5.74) is 2.60. The molecule has 2 aromatic carbocycles. The second-order valence-electron chi connectivity index (χ2n) is 9.76. The maximum absolute atomic E-state index is 13.3. The summed E-state index contributed by atoms with van der Waals surface area (Å²) in [6.07, 6.45) is 1.61. The lowest BCUT2D eigenvalue weighted by Crippen LogP contribution is -2.30. The first-order valence-corrected chi connectivity index (χ1v) is 11.3. The predicted molar refractivity (Wildman–Crippen MR) is 129 cm³/mol. The summed E-state index contributed by atoms with van der Waals surface area (Å²) in [5, 5.41) is 10.1. The molecule has 3 aromatic rings. The van der Waals surface area contributed by atoms with Crippen LogP contribution in [0.25, 0.3) is 10.9 Å². The third-order valence-corrected chi connectivity index (χ3v) is 6.37. The number of carbonyl (C=O) groups is 2. The fraction of sp³-hybridized carbons (Fsp3) is 0.385. The largest absolute Gasteiger partial charge is 0.478 e. The van der Waals surface area contributed by atoms with E-state index in [1.54, 1.807) is 45.9 Å². The molecule has 4 rings (SSSR count). The third kappa shape index (κ3) is 4.16. The molecule has 1 atom stereocenters. The lowest BCUT2D eigenvalue weighted by molar-refractivity contribution is -0.157. The van der Waals surface area contributed by atoms with Crippen molar-refractivity contribution < 1.29 is 19.4 Å². The summed E-state index contributed by atoms with van der Waals surface area (Å²) < 4.78 is 6.74. The molecule has 34 heavy (non-hydrogen) atoms. The molecule has 8 heteroatoms.